The molecule has 0 aliphatic carbocycles. The number of ether oxygens (including phenoxy) is 1. The maximum absolute atomic E-state index is 5.96. The van der Waals surface area contributed by atoms with Gasteiger partial charge in [0.05, 0.1) is 18.3 Å². The van der Waals surface area contributed by atoms with Crippen LogP contribution in [0.4, 0.5) is 0 Å². The van der Waals surface area contributed by atoms with Gasteiger partial charge in [0, 0.05) is 12.3 Å². The van der Waals surface area contributed by atoms with Crippen LogP contribution < -0.4 is 4.74 Å². The SMILES string of the molecule is C=C(B1OC(C)(C)C(C)(C)O1)c1ccc(OC)nc1. The number of rotatable bonds is 3. The molecule has 0 aromatic carbocycles. The summed E-state index contributed by atoms with van der Waals surface area (Å²) >= 11 is 0. The third-order valence-electron chi connectivity index (χ3n) is 3.85. The lowest BCUT2D eigenvalue weighted by molar-refractivity contribution is 0.00578. The summed E-state index contributed by atoms with van der Waals surface area (Å²) in [6.45, 7) is 12.1. The Hall–Kier alpha value is -1.33. The van der Waals surface area contributed by atoms with Gasteiger partial charge in [0.1, 0.15) is 0 Å². The Morgan fingerprint density at radius 2 is 1.79 bits per heavy atom. The normalized spacial score (nSPS) is 20.4. The fraction of sp³-hybridized carbons (Fsp3) is 0.500. The van der Waals surface area contributed by atoms with Crippen molar-refractivity contribution in [2.45, 2.75) is 38.9 Å². The molecule has 0 atom stereocenters. The molecule has 1 fully saturated rings. The summed E-state index contributed by atoms with van der Waals surface area (Å²) in [5, 5.41) is 0. The van der Waals surface area contributed by atoms with Crippen LogP contribution in [0.25, 0.3) is 5.47 Å². The van der Waals surface area contributed by atoms with E-state index in [1.807, 2.05) is 33.8 Å². The molecule has 0 amide bonds. The number of methoxy groups -OCH3 is 1. The first-order chi connectivity index (χ1) is 8.77. The van der Waals surface area contributed by atoms with Gasteiger partial charge in [0.2, 0.25) is 5.88 Å². The van der Waals surface area contributed by atoms with Crippen molar-refractivity contribution in [3.63, 3.8) is 0 Å². The smallest absolute Gasteiger partial charge is 0.481 e. The Kier molecular flexibility index (Phi) is 3.45. The quantitative estimate of drug-likeness (QED) is 0.784. The van der Waals surface area contributed by atoms with Crippen LogP contribution in [0.1, 0.15) is 33.3 Å². The molecule has 0 spiro atoms. The van der Waals surface area contributed by atoms with E-state index in [0.717, 1.165) is 11.0 Å². The van der Waals surface area contributed by atoms with Crippen LogP contribution in [0.3, 0.4) is 0 Å². The van der Waals surface area contributed by atoms with E-state index in [9.17, 15) is 0 Å². The molecule has 2 heterocycles. The Bertz CT molecular complexity index is 466. The molecule has 1 aliphatic rings. The summed E-state index contributed by atoms with van der Waals surface area (Å²) in [6.07, 6.45) is 1.71. The minimum atomic E-state index is -0.444. The lowest BCUT2D eigenvalue weighted by atomic mass is 9.76. The first kappa shape index (κ1) is 14.1. The molecule has 4 nitrogen and oxygen atoms in total. The second kappa shape index (κ2) is 4.65. The third kappa shape index (κ3) is 2.53. The van der Waals surface area contributed by atoms with Gasteiger partial charge < -0.3 is 14.0 Å². The minimum absolute atomic E-state index is 0.361. The molecule has 0 saturated carbocycles. The third-order valence-corrected chi connectivity index (χ3v) is 3.85. The molecule has 1 aromatic heterocycles. The summed E-state index contributed by atoms with van der Waals surface area (Å²) in [5.74, 6) is 0.575. The molecule has 0 bridgehead atoms. The average molecular weight is 261 g/mol. The molecule has 1 aromatic rings. The van der Waals surface area contributed by atoms with E-state index in [1.54, 1.807) is 19.4 Å². The van der Waals surface area contributed by atoms with E-state index in [2.05, 4.69) is 11.6 Å². The standard InChI is InChI=1S/C14H20BNO3/c1-10(11-7-8-12(17-6)16-9-11)15-18-13(2,3)14(4,5)19-15/h7-9H,1H2,2-6H3. The van der Waals surface area contributed by atoms with Gasteiger partial charge in [0.15, 0.2) is 0 Å². The molecule has 1 saturated heterocycles. The van der Waals surface area contributed by atoms with Gasteiger partial charge in [-0.1, -0.05) is 6.58 Å². The van der Waals surface area contributed by atoms with Gasteiger partial charge in [-0.15, -0.1) is 0 Å². The number of pyridine rings is 1. The second-order valence-corrected chi connectivity index (χ2v) is 5.70. The van der Waals surface area contributed by atoms with Crippen molar-refractivity contribution >= 4 is 12.6 Å². The molecular formula is C14H20BNO3. The Morgan fingerprint density at radius 3 is 2.21 bits per heavy atom. The van der Waals surface area contributed by atoms with Crippen molar-refractivity contribution in [2.24, 2.45) is 0 Å². The van der Waals surface area contributed by atoms with Crippen molar-refractivity contribution in [3.05, 3.63) is 30.5 Å². The van der Waals surface area contributed by atoms with Crippen molar-refractivity contribution in [1.29, 1.82) is 0 Å². The van der Waals surface area contributed by atoms with Crippen LogP contribution in [0.15, 0.2) is 24.9 Å². The number of hydrogen-bond donors (Lipinski definition) is 0. The van der Waals surface area contributed by atoms with Crippen LogP contribution in [0.5, 0.6) is 5.88 Å². The van der Waals surface area contributed by atoms with Crippen LogP contribution in [-0.4, -0.2) is 30.4 Å². The summed E-state index contributed by atoms with van der Waals surface area (Å²) in [4.78, 5) is 4.17. The zero-order valence-electron chi connectivity index (χ0n) is 12.2. The zero-order valence-corrected chi connectivity index (χ0v) is 12.2. The van der Waals surface area contributed by atoms with Crippen LogP contribution in [0.2, 0.25) is 0 Å². The number of nitrogens with zero attached hydrogens (tertiary/aromatic N) is 1. The highest BCUT2D eigenvalue weighted by Gasteiger charge is 2.52. The van der Waals surface area contributed by atoms with E-state index >= 15 is 0 Å². The molecule has 2 rings (SSSR count). The van der Waals surface area contributed by atoms with Crippen LogP contribution in [0, 0.1) is 0 Å². The monoisotopic (exact) mass is 261 g/mol. The van der Waals surface area contributed by atoms with E-state index in [4.69, 9.17) is 14.0 Å². The van der Waals surface area contributed by atoms with Crippen molar-refractivity contribution < 1.29 is 14.0 Å². The maximum Gasteiger partial charge on any atom is 0.494 e. The summed E-state index contributed by atoms with van der Waals surface area (Å²) in [7, 11) is 1.14. The van der Waals surface area contributed by atoms with Crippen molar-refractivity contribution in [2.75, 3.05) is 7.11 Å². The Balaban J connectivity index is 2.17. The first-order valence-electron chi connectivity index (χ1n) is 6.32. The fourth-order valence-corrected chi connectivity index (χ4v) is 1.81. The highest BCUT2D eigenvalue weighted by Crippen LogP contribution is 2.39. The fourth-order valence-electron chi connectivity index (χ4n) is 1.81. The number of aromatic nitrogens is 1. The Morgan fingerprint density at radius 1 is 1.21 bits per heavy atom. The second-order valence-electron chi connectivity index (χ2n) is 5.70. The Labute approximate surface area is 114 Å². The van der Waals surface area contributed by atoms with E-state index in [-0.39, 0.29) is 11.2 Å². The maximum atomic E-state index is 5.96. The molecule has 0 unspecified atom stereocenters. The largest absolute Gasteiger partial charge is 0.494 e. The predicted molar refractivity (Wildman–Crippen MR) is 75.9 cm³/mol. The highest BCUT2D eigenvalue weighted by molar-refractivity contribution is 6.68. The zero-order chi connectivity index (χ0) is 14.3. The molecule has 0 N–H and O–H groups in total. The van der Waals surface area contributed by atoms with E-state index in [1.165, 1.54) is 0 Å². The van der Waals surface area contributed by atoms with Gasteiger partial charge in [-0.05, 0) is 44.8 Å². The summed E-state index contributed by atoms with van der Waals surface area (Å²) in [5.41, 5.74) is 0.939. The summed E-state index contributed by atoms with van der Waals surface area (Å²) < 4.78 is 16.9. The number of hydrogen-bond acceptors (Lipinski definition) is 4. The van der Waals surface area contributed by atoms with E-state index in [0.29, 0.717) is 5.88 Å². The topological polar surface area (TPSA) is 40.6 Å². The molecule has 19 heavy (non-hydrogen) atoms. The lowest BCUT2D eigenvalue weighted by Gasteiger charge is -2.32. The molecule has 0 radical (unpaired) electrons. The summed E-state index contributed by atoms with van der Waals surface area (Å²) in [6, 6.07) is 3.70. The highest BCUT2D eigenvalue weighted by atomic mass is 16.7. The van der Waals surface area contributed by atoms with Crippen LogP contribution >= 0.6 is 0 Å². The first-order valence-corrected chi connectivity index (χ1v) is 6.32. The van der Waals surface area contributed by atoms with Crippen molar-refractivity contribution in [3.8, 4) is 5.88 Å². The van der Waals surface area contributed by atoms with Gasteiger partial charge in [0.25, 0.3) is 0 Å². The average Bonchev–Trinajstić information content (AvgIpc) is 2.58. The van der Waals surface area contributed by atoms with E-state index < -0.39 is 7.12 Å². The van der Waals surface area contributed by atoms with Crippen LogP contribution in [-0.2, 0) is 9.31 Å². The molecule has 1 aliphatic heterocycles. The predicted octanol–water partition coefficient (Wildman–Crippen LogP) is 2.73. The van der Waals surface area contributed by atoms with Gasteiger partial charge in [-0.2, -0.15) is 0 Å². The van der Waals surface area contributed by atoms with Gasteiger partial charge in [-0.25, -0.2) is 4.98 Å². The van der Waals surface area contributed by atoms with Gasteiger partial charge in [-0.3, -0.25) is 0 Å². The molecule has 102 valence electrons. The minimum Gasteiger partial charge on any atom is -0.481 e. The molecular weight excluding hydrogens is 241 g/mol. The molecule has 5 heteroatoms. The van der Waals surface area contributed by atoms with Gasteiger partial charge >= 0.3 is 7.12 Å². The lowest BCUT2D eigenvalue weighted by Crippen LogP contribution is -2.41. The van der Waals surface area contributed by atoms with Crippen molar-refractivity contribution in [1.82, 2.24) is 4.98 Å².